The number of hydrogen-bond donors (Lipinski definition) is 0. The van der Waals surface area contributed by atoms with Crippen LogP contribution in [0.3, 0.4) is 0 Å². The minimum Gasteiger partial charge on any atom is -0.305 e. The van der Waals surface area contributed by atoms with E-state index < -0.39 is 18.4 Å². The molecule has 0 saturated carbocycles. The largest absolute Gasteiger partial charge is 0.305 e. The number of carbonyl (C=O) groups is 2. The molecule has 5 heteroatoms. The summed E-state index contributed by atoms with van der Waals surface area (Å²) in [4.78, 5) is 24.6. The minimum absolute atomic E-state index is 0.245. The van der Waals surface area contributed by atoms with Gasteiger partial charge in [0.25, 0.3) is 11.7 Å². The van der Waals surface area contributed by atoms with Gasteiger partial charge in [-0.2, -0.15) is 0 Å². The number of ketones is 1. The summed E-state index contributed by atoms with van der Waals surface area (Å²) in [6.07, 6.45) is 0.245. The van der Waals surface area contributed by atoms with Crippen molar-refractivity contribution in [2.24, 2.45) is 0 Å². The molecule has 16 heavy (non-hydrogen) atoms. The van der Waals surface area contributed by atoms with Crippen LogP contribution in [0, 0.1) is 0 Å². The highest BCUT2D eigenvalue weighted by Gasteiger charge is 2.35. The van der Waals surface area contributed by atoms with E-state index in [4.69, 9.17) is 0 Å². The lowest BCUT2D eigenvalue weighted by Gasteiger charge is -2.15. The van der Waals surface area contributed by atoms with Crippen LogP contribution in [-0.4, -0.2) is 24.9 Å². The third kappa shape index (κ3) is 1.75. The van der Waals surface area contributed by atoms with Crippen molar-refractivity contribution in [1.29, 1.82) is 0 Å². The molecule has 0 radical (unpaired) electrons. The summed E-state index contributed by atoms with van der Waals surface area (Å²) in [7, 11) is 0. The van der Waals surface area contributed by atoms with Gasteiger partial charge < -0.3 is 4.90 Å². The maximum absolute atomic E-state index is 12.1. The predicted octanol–water partition coefficient (Wildman–Crippen LogP) is 2.34. The molecule has 84 valence electrons. The van der Waals surface area contributed by atoms with E-state index in [-0.39, 0.29) is 13.0 Å². The molecule has 0 aromatic heterocycles. The van der Waals surface area contributed by atoms with Gasteiger partial charge in [-0.3, -0.25) is 14.0 Å². The molecular weight excluding hydrogens is 277 g/mol. The van der Waals surface area contributed by atoms with Gasteiger partial charge in [0.1, 0.15) is 0 Å². The number of halogens is 2. The van der Waals surface area contributed by atoms with Crippen molar-refractivity contribution in [1.82, 2.24) is 0 Å². The molecule has 2 rings (SSSR count). The van der Waals surface area contributed by atoms with Crippen molar-refractivity contribution in [3.05, 3.63) is 28.2 Å². The van der Waals surface area contributed by atoms with Crippen LogP contribution in [0.5, 0.6) is 0 Å². The number of anilines is 1. The van der Waals surface area contributed by atoms with Gasteiger partial charge in [-0.15, -0.1) is 0 Å². The smallest absolute Gasteiger partial charge is 0.299 e. The fraction of sp³-hybridized carbons (Fsp3) is 0.273. The highest BCUT2D eigenvalue weighted by atomic mass is 79.9. The Balaban J connectivity index is 2.38. The maximum Gasteiger partial charge on any atom is 0.299 e. The van der Waals surface area contributed by atoms with Crippen molar-refractivity contribution in [2.45, 2.75) is 6.42 Å². The number of hydrogen-bond acceptors (Lipinski definition) is 2. The fourth-order valence-electron chi connectivity index (χ4n) is 1.71. The first-order valence-corrected chi connectivity index (χ1v) is 5.66. The van der Waals surface area contributed by atoms with Gasteiger partial charge in [-0.1, -0.05) is 15.9 Å². The Hall–Kier alpha value is -1.23. The van der Waals surface area contributed by atoms with Crippen molar-refractivity contribution in [2.75, 3.05) is 18.1 Å². The SMILES string of the molecule is O=C1C(=O)N(CCCF)c2ccc(Br)cc21. The van der Waals surface area contributed by atoms with E-state index in [0.29, 0.717) is 11.3 Å². The van der Waals surface area contributed by atoms with E-state index >= 15 is 0 Å². The number of rotatable bonds is 3. The Kier molecular flexibility index (Phi) is 3.05. The van der Waals surface area contributed by atoms with Crippen LogP contribution < -0.4 is 4.90 Å². The summed E-state index contributed by atoms with van der Waals surface area (Å²) >= 11 is 3.24. The minimum atomic E-state index is -0.568. The van der Waals surface area contributed by atoms with Gasteiger partial charge in [-0.25, -0.2) is 0 Å². The summed E-state index contributed by atoms with van der Waals surface area (Å²) in [5.74, 6) is -1.09. The van der Waals surface area contributed by atoms with Crippen molar-refractivity contribution < 1.29 is 14.0 Å². The predicted molar refractivity (Wildman–Crippen MR) is 61.4 cm³/mol. The van der Waals surface area contributed by atoms with E-state index in [9.17, 15) is 14.0 Å². The van der Waals surface area contributed by atoms with E-state index in [1.165, 1.54) is 4.90 Å². The molecule has 1 heterocycles. The van der Waals surface area contributed by atoms with Crippen molar-refractivity contribution in [3.63, 3.8) is 0 Å². The quantitative estimate of drug-likeness (QED) is 0.800. The molecule has 1 amide bonds. The van der Waals surface area contributed by atoms with E-state index in [1.807, 2.05) is 0 Å². The summed E-state index contributed by atoms with van der Waals surface area (Å²) in [5, 5.41) is 0. The maximum atomic E-state index is 12.1. The Labute approximate surface area is 100 Å². The van der Waals surface area contributed by atoms with Crippen molar-refractivity contribution >= 4 is 33.3 Å². The zero-order valence-corrected chi connectivity index (χ0v) is 9.96. The number of carbonyl (C=O) groups excluding carboxylic acids is 2. The third-order valence-corrected chi connectivity index (χ3v) is 2.94. The molecular formula is C11H9BrFNO2. The normalized spacial score (nSPS) is 14.5. The number of Topliss-reactive ketones (excluding diaryl/α,β-unsaturated/α-hetero) is 1. The van der Waals surface area contributed by atoms with E-state index in [0.717, 1.165) is 4.47 Å². The molecule has 0 fully saturated rings. The average Bonchev–Trinajstić information content (AvgIpc) is 2.50. The second-order valence-corrected chi connectivity index (χ2v) is 4.41. The highest BCUT2D eigenvalue weighted by molar-refractivity contribution is 9.10. The lowest BCUT2D eigenvalue weighted by Crippen LogP contribution is -2.30. The van der Waals surface area contributed by atoms with Gasteiger partial charge in [0.15, 0.2) is 0 Å². The number of alkyl halides is 1. The standard InChI is InChI=1S/C11H9BrFNO2/c12-7-2-3-9-8(6-7)10(15)11(16)14(9)5-1-4-13/h2-3,6H,1,4-5H2. The molecule has 0 bridgehead atoms. The number of amides is 1. The van der Waals surface area contributed by atoms with Crippen LogP contribution in [0.15, 0.2) is 22.7 Å². The summed E-state index contributed by atoms with van der Waals surface area (Å²) in [5.41, 5.74) is 0.963. The van der Waals surface area contributed by atoms with Crippen LogP contribution in [0.1, 0.15) is 16.8 Å². The molecule has 0 saturated heterocycles. The van der Waals surface area contributed by atoms with E-state index in [1.54, 1.807) is 18.2 Å². The number of fused-ring (bicyclic) bond motifs is 1. The summed E-state index contributed by atoms with van der Waals surface area (Å²) in [6.45, 7) is -0.250. The second kappa shape index (κ2) is 4.33. The van der Waals surface area contributed by atoms with Crippen LogP contribution in [0.2, 0.25) is 0 Å². The van der Waals surface area contributed by atoms with E-state index in [2.05, 4.69) is 15.9 Å². The lowest BCUT2D eigenvalue weighted by molar-refractivity contribution is -0.114. The molecule has 0 unspecified atom stereocenters. The molecule has 1 aromatic rings. The topological polar surface area (TPSA) is 37.4 Å². The molecule has 0 aliphatic carbocycles. The third-order valence-electron chi connectivity index (χ3n) is 2.45. The first-order chi connectivity index (χ1) is 7.65. The Morgan fingerprint density at radius 2 is 2.06 bits per heavy atom. The van der Waals surface area contributed by atoms with Gasteiger partial charge in [-0.05, 0) is 24.6 Å². The highest BCUT2D eigenvalue weighted by Crippen LogP contribution is 2.31. The number of benzene rings is 1. The summed E-state index contributed by atoms with van der Waals surface area (Å²) in [6, 6.07) is 5.07. The van der Waals surface area contributed by atoms with Gasteiger partial charge in [0.05, 0.1) is 17.9 Å². The molecule has 1 aliphatic heterocycles. The molecule has 1 aromatic carbocycles. The molecule has 3 nitrogen and oxygen atoms in total. The van der Waals surface area contributed by atoms with Crippen LogP contribution in [-0.2, 0) is 4.79 Å². The first kappa shape index (κ1) is 11.3. The molecule has 0 spiro atoms. The average molecular weight is 286 g/mol. The monoisotopic (exact) mass is 285 g/mol. The second-order valence-electron chi connectivity index (χ2n) is 3.49. The molecule has 0 atom stereocenters. The Morgan fingerprint density at radius 3 is 2.75 bits per heavy atom. The molecule has 0 N–H and O–H groups in total. The number of nitrogens with zero attached hydrogens (tertiary/aromatic N) is 1. The fourth-order valence-corrected chi connectivity index (χ4v) is 2.07. The summed E-state index contributed by atoms with van der Waals surface area (Å²) < 4.78 is 12.8. The Bertz CT molecular complexity index is 461. The van der Waals surface area contributed by atoms with Crippen molar-refractivity contribution in [3.8, 4) is 0 Å². The molecule has 1 aliphatic rings. The first-order valence-electron chi connectivity index (χ1n) is 4.87. The van der Waals surface area contributed by atoms with Crippen LogP contribution in [0.25, 0.3) is 0 Å². The van der Waals surface area contributed by atoms with Crippen LogP contribution in [0.4, 0.5) is 10.1 Å². The Morgan fingerprint density at radius 1 is 1.31 bits per heavy atom. The lowest BCUT2D eigenvalue weighted by atomic mass is 10.1. The van der Waals surface area contributed by atoms with Gasteiger partial charge in [0.2, 0.25) is 0 Å². The van der Waals surface area contributed by atoms with Crippen LogP contribution >= 0.6 is 15.9 Å². The van der Waals surface area contributed by atoms with Gasteiger partial charge in [0, 0.05) is 11.0 Å². The van der Waals surface area contributed by atoms with Gasteiger partial charge >= 0.3 is 0 Å². The zero-order chi connectivity index (χ0) is 11.7. The zero-order valence-electron chi connectivity index (χ0n) is 8.37.